The first-order valence-electron chi connectivity index (χ1n) is 7.83. The number of benzene rings is 1. The lowest BCUT2D eigenvalue weighted by molar-refractivity contribution is 0.215. The van der Waals surface area contributed by atoms with Gasteiger partial charge in [-0.1, -0.05) is 0 Å². The second kappa shape index (κ2) is 7.16. The number of halogens is 1. The number of amides is 2. The third-order valence-corrected chi connectivity index (χ3v) is 3.96. The molecule has 2 amide bonds. The number of aromatic nitrogens is 1. The molecule has 1 saturated heterocycles. The van der Waals surface area contributed by atoms with E-state index in [-0.39, 0.29) is 17.6 Å². The molecule has 7 heteroatoms. The topological polar surface area (TPSA) is 68.7 Å². The monoisotopic (exact) mass is 330 g/mol. The van der Waals surface area contributed by atoms with Crippen molar-refractivity contribution in [2.45, 2.75) is 6.42 Å². The first kappa shape index (κ1) is 16.0. The number of carbonyl (C=O) groups is 1. The molecule has 1 aromatic heterocycles. The molecule has 0 spiro atoms. The summed E-state index contributed by atoms with van der Waals surface area (Å²) in [7, 11) is 0. The number of carbonyl (C=O) groups excluding carboxylic acids is 1. The van der Waals surface area contributed by atoms with Gasteiger partial charge in [0.2, 0.25) is 0 Å². The lowest BCUT2D eigenvalue weighted by Crippen LogP contribution is -2.38. The highest BCUT2D eigenvalue weighted by molar-refractivity contribution is 5.88. The molecule has 0 saturated carbocycles. The molecule has 2 aromatic rings. The van der Waals surface area contributed by atoms with Crippen molar-refractivity contribution in [3.8, 4) is 5.75 Å². The van der Waals surface area contributed by atoms with Crippen LogP contribution in [-0.4, -0.2) is 47.2 Å². The second-order valence-electron chi connectivity index (χ2n) is 5.64. The van der Waals surface area contributed by atoms with E-state index in [2.05, 4.69) is 15.2 Å². The third-order valence-electron chi connectivity index (χ3n) is 3.96. The Hall–Kier alpha value is -2.83. The highest BCUT2D eigenvalue weighted by atomic mass is 19.1. The van der Waals surface area contributed by atoms with E-state index in [1.807, 2.05) is 0 Å². The molecular formula is C17H19FN4O2. The molecule has 1 fully saturated rings. The number of hydrogen-bond donors (Lipinski definition) is 2. The zero-order valence-electron chi connectivity index (χ0n) is 13.2. The highest BCUT2D eigenvalue weighted by Crippen LogP contribution is 2.17. The van der Waals surface area contributed by atoms with Gasteiger partial charge in [0.05, 0.1) is 6.20 Å². The molecule has 3 rings (SSSR count). The van der Waals surface area contributed by atoms with Gasteiger partial charge < -0.3 is 14.9 Å². The summed E-state index contributed by atoms with van der Waals surface area (Å²) in [4.78, 5) is 20.2. The number of nitrogens with one attached hydrogen (secondary N) is 1. The van der Waals surface area contributed by atoms with Crippen LogP contribution in [0.1, 0.15) is 6.42 Å². The van der Waals surface area contributed by atoms with E-state index in [9.17, 15) is 14.3 Å². The van der Waals surface area contributed by atoms with Crippen molar-refractivity contribution >= 4 is 17.5 Å². The minimum absolute atomic E-state index is 0.0534. The molecular weight excluding hydrogens is 311 g/mol. The number of rotatable bonds is 2. The predicted octanol–water partition coefficient (Wildman–Crippen LogP) is 2.67. The fourth-order valence-corrected chi connectivity index (χ4v) is 2.68. The van der Waals surface area contributed by atoms with Crippen LogP contribution in [-0.2, 0) is 0 Å². The zero-order chi connectivity index (χ0) is 16.9. The Morgan fingerprint density at radius 2 is 1.88 bits per heavy atom. The first-order valence-corrected chi connectivity index (χ1v) is 7.83. The van der Waals surface area contributed by atoms with Crippen LogP contribution in [0, 0.1) is 5.82 Å². The van der Waals surface area contributed by atoms with Crippen molar-refractivity contribution in [2.24, 2.45) is 0 Å². The maximum atomic E-state index is 13.0. The zero-order valence-corrected chi connectivity index (χ0v) is 13.2. The quantitative estimate of drug-likeness (QED) is 0.888. The van der Waals surface area contributed by atoms with Gasteiger partial charge in [0.25, 0.3) is 0 Å². The van der Waals surface area contributed by atoms with E-state index in [0.29, 0.717) is 25.5 Å². The summed E-state index contributed by atoms with van der Waals surface area (Å²) in [5.74, 6) is 0.200. The molecule has 2 heterocycles. The number of urea groups is 1. The third kappa shape index (κ3) is 3.92. The Morgan fingerprint density at radius 1 is 1.08 bits per heavy atom. The van der Waals surface area contributed by atoms with Crippen LogP contribution >= 0.6 is 0 Å². The Labute approximate surface area is 139 Å². The van der Waals surface area contributed by atoms with Gasteiger partial charge in [0.15, 0.2) is 0 Å². The minimum atomic E-state index is -0.254. The molecule has 1 aromatic carbocycles. The Bertz CT molecular complexity index is 691. The molecule has 1 aliphatic rings. The molecule has 24 heavy (non-hydrogen) atoms. The molecule has 0 unspecified atom stereocenters. The minimum Gasteiger partial charge on any atom is -0.506 e. The number of nitrogens with zero attached hydrogens (tertiary/aromatic N) is 3. The first-order chi connectivity index (χ1) is 11.6. The smallest absolute Gasteiger partial charge is 0.323 e. The van der Waals surface area contributed by atoms with E-state index >= 15 is 0 Å². The number of anilines is 2. The standard InChI is InChI=1S/C17H19FN4O2/c18-13-2-4-14(5-3-13)21-8-1-9-22(11-10-21)17(24)20-16-7-6-15(23)12-19-16/h2-7,12,23H,1,8-11H2,(H,19,20,24). The fourth-order valence-electron chi connectivity index (χ4n) is 2.68. The number of pyridine rings is 1. The van der Waals surface area contributed by atoms with Gasteiger partial charge in [0, 0.05) is 31.9 Å². The fraction of sp³-hybridized carbons (Fsp3) is 0.294. The number of aromatic hydroxyl groups is 1. The van der Waals surface area contributed by atoms with E-state index in [1.165, 1.54) is 24.4 Å². The summed E-state index contributed by atoms with van der Waals surface area (Å²) in [6, 6.07) is 9.21. The predicted molar refractivity (Wildman–Crippen MR) is 89.7 cm³/mol. The number of hydrogen-bond acceptors (Lipinski definition) is 4. The van der Waals surface area contributed by atoms with Crippen LogP contribution in [0.15, 0.2) is 42.6 Å². The Balaban J connectivity index is 1.59. The van der Waals surface area contributed by atoms with Crippen molar-refractivity contribution in [3.63, 3.8) is 0 Å². The molecule has 0 atom stereocenters. The lowest BCUT2D eigenvalue weighted by atomic mass is 10.2. The molecule has 2 N–H and O–H groups in total. The average molecular weight is 330 g/mol. The normalized spacial score (nSPS) is 15.0. The van der Waals surface area contributed by atoms with Crippen molar-refractivity contribution in [3.05, 3.63) is 48.4 Å². The SMILES string of the molecule is O=C(Nc1ccc(O)cn1)N1CCCN(c2ccc(F)cc2)CC1. The summed E-state index contributed by atoms with van der Waals surface area (Å²) >= 11 is 0. The van der Waals surface area contributed by atoms with Gasteiger partial charge in [-0.15, -0.1) is 0 Å². The van der Waals surface area contributed by atoms with E-state index in [1.54, 1.807) is 23.1 Å². The van der Waals surface area contributed by atoms with Crippen molar-refractivity contribution in [1.82, 2.24) is 9.88 Å². The van der Waals surface area contributed by atoms with Crippen LogP contribution in [0.4, 0.5) is 20.7 Å². The van der Waals surface area contributed by atoms with Crippen molar-refractivity contribution in [2.75, 3.05) is 36.4 Å². The van der Waals surface area contributed by atoms with Gasteiger partial charge >= 0.3 is 6.03 Å². The molecule has 6 nitrogen and oxygen atoms in total. The van der Waals surface area contributed by atoms with Gasteiger partial charge in [0.1, 0.15) is 17.4 Å². The van der Waals surface area contributed by atoms with Crippen LogP contribution < -0.4 is 10.2 Å². The second-order valence-corrected chi connectivity index (χ2v) is 5.64. The maximum absolute atomic E-state index is 13.0. The Kier molecular flexibility index (Phi) is 4.79. The molecule has 126 valence electrons. The van der Waals surface area contributed by atoms with Crippen molar-refractivity contribution < 1.29 is 14.3 Å². The van der Waals surface area contributed by atoms with Gasteiger partial charge in [-0.05, 0) is 42.8 Å². The van der Waals surface area contributed by atoms with Crippen LogP contribution in [0.5, 0.6) is 5.75 Å². The summed E-state index contributed by atoms with van der Waals surface area (Å²) in [5.41, 5.74) is 0.957. The lowest BCUT2D eigenvalue weighted by Gasteiger charge is -2.23. The molecule has 0 radical (unpaired) electrons. The molecule has 0 bridgehead atoms. The van der Waals surface area contributed by atoms with E-state index in [0.717, 1.165) is 18.7 Å². The van der Waals surface area contributed by atoms with Gasteiger partial charge in [-0.25, -0.2) is 14.2 Å². The molecule has 1 aliphatic heterocycles. The van der Waals surface area contributed by atoms with E-state index < -0.39 is 0 Å². The van der Waals surface area contributed by atoms with Crippen LogP contribution in [0.2, 0.25) is 0 Å². The highest BCUT2D eigenvalue weighted by Gasteiger charge is 2.19. The Morgan fingerprint density at radius 3 is 2.58 bits per heavy atom. The summed E-state index contributed by atoms with van der Waals surface area (Å²) in [6.07, 6.45) is 2.11. The maximum Gasteiger partial charge on any atom is 0.323 e. The summed E-state index contributed by atoms with van der Waals surface area (Å²) < 4.78 is 13.0. The van der Waals surface area contributed by atoms with E-state index in [4.69, 9.17) is 0 Å². The van der Waals surface area contributed by atoms with Gasteiger partial charge in [-0.2, -0.15) is 0 Å². The van der Waals surface area contributed by atoms with Gasteiger partial charge in [-0.3, -0.25) is 5.32 Å². The molecule has 0 aliphatic carbocycles. The van der Waals surface area contributed by atoms with Crippen LogP contribution in [0.3, 0.4) is 0 Å². The summed E-state index contributed by atoms with van der Waals surface area (Å²) in [6.45, 7) is 2.71. The van der Waals surface area contributed by atoms with Crippen molar-refractivity contribution in [1.29, 1.82) is 0 Å². The summed E-state index contributed by atoms with van der Waals surface area (Å²) in [5, 5.41) is 11.9. The average Bonchev–Trinajstić information content (AvgIpc) is 2.84. The van der Waals surface area contributed by atoms with Crippen LogP contribution in [0.25, 0.3) is 0 Å². The largest absolute Gasteiger partial charge is 0.506 e.